The van der Waals surface area contributed by atoms with E-state index in [4.69, 9.17) is 5.73 Å². The Labute approximate surface area is 102 Å². The summed E-state index contributed by atoms with van der Waals surface area (Å²) < 4.78 is 0. The molecule has 1 unspecified atom stereocenters. The van der Waals surface area contributed by atoms with Gasteiger partial charge in [-0.2, -0.15) is 0 Å². The van der Waals surface area contributed by atoms with Crippen molar-refractivity contribution in [1.29, 1.82) is 0 Å². The van der Waals surface area contributed by atoms with E-state index in [9.17, 15) is 10.2 Å². The van der Waals surface area contributed by atoms with Crippen molar-refractivity contribution in [1.82, 2.24) is 0 Å². The van der Waals surface area contributed by atoms with Crippen LogP contribution in [0.3, 0.4) is 0 Å². The van der Waals surface area contributed by atoms with Crippen molar-refractivity contribution in [3.63, 3.8) is 0 Å². The van der Waals surface area contributed by atoms with Gasteiger partial charge in [0.15, 0.2) is 0 Å². The van der Waals surface area contributed by atoms with Crippen molar-refractivity contribution < 1.29 is 10.2 Å². The molecule has 94 valence electrons. The highest BCUT2D eigenvalue weighted by molar-refractivity contribution is 5.28. The molecule has 2 rings (SSSR count). The molecule has 0 radical (unpaired) electrons. The molecule has 1 fully saturated rings. The fourth-order valence-corrected chi connectivity index (χ4v) is 2.86. The standard InChI is InChI=1S/C14H21NO2/c15-10-14(8-2-1-3-9-14)13(17)11-4-6-12(16)7-5-11/h4-7,13,16-17H,1-3,8-10,15H2. The predicted molar refractivity (Wildman–Crippen MR) is 67.6 cm³/mol. The van der Waals surface area contributed by atoms with Crippen molar-refractivity contribution in [2.75, 3.05) is 6.54 Å². The minimum absolute atomic E-state index is 0.171. The van der Waals surface area contributed by atoms with E-state index in [2.05, 4.69) is 0 Å². The second-order valence-electron chi connectivity index (χ2n) is 5.12. The van der Waals surface area contributed by atoms with Crippen LogP contribution >= 0.6 is 0 Å². The van der Waals surface area contributed by atoms with Gasteiger partial charge in [0, 0.05) is 12.0 Å². The molecule has 3 heteroatoms. The molecule has 1 saturated carbocycles. The van der Waals surface area contributed by atoms with Gasteiger partial charge in [-0.05, 0) is 30.5 Å². The fraction of sp³-hybridized carbons (Fsp3) is 0.571. The summed E-state index contributed by atoms with van der Waals surface area (Å²) in [4.78, 5) is 0. The van der Waals surface area contributed by atoms with Gasteiger partial charge in [-0.3, -0.25) is 0 Å². The minimum Gasteiger partial charge on any atom is -0.508 e. The summed E-state index contributed by atoms with van der Waals surface area (Å²) in [5, 5.41) is 19.8. The Bertz CT molecular complexity index is 355. The number of aliphatic hydroxyl groups excluding tert-OH is 1. The Morgan fingerprint density at radius 1 is 1.12 bits per heavy atom. The van der Waals surface area contributed by atoms with E-state index in [0.29, 0.717) is 6.54 Å². The lowest BCUT2D eigenvalue weighted by molar-refractivity contribution is 0.000677. The molecule has 1 atom stereocenters. The summed E-state index contributed by atoms with van der Waals surface area (Å²) in [6.45, 7) is 0.523. The van der Waals surface area contributed by atoms with Gasteiger partial charge < -0.3 is 15.9 Å². The first-order valence-corrected chi connectivity index (χ1v) is 6.35. The molecule has 1 aromatic carbocycles. The van der Waals surface area contributed by atoms with E-state index in [0.717, 1.165) is 31.2 Å². The first kappa shape index (κ1) is 12.4. The first-order valence-electron chi connectivity index (χ1n) is 6.35. The van der Waals surface area contributed by atoms with Crippen molar-refractivity contribution in [2.45, 2.75) is 38.2 Å². The molecule has 0 saturated heterocycles. The van der Waals surface area contributed by atoms with E-state index in [1.54, 1.807) is 24.3 Å². The van der Waals surface area contributed by atoms with E-state index in [1.807, 2.05) is 0 Å². The molecule has 0 spiro atoms. The number of phenols is 1. The Balaban J connectivity index is 2.21. The third-order valence-electron chi connectivity index (χ3n) is 4.04. The van der Waals surface area contributed by atoms with Gasteiger partial charge in [-0.15, -0.1) is 0 Å². The molecule has 1 aromatic rings. The molecule has 4 N–H and O–H groups in total. The topological polar surface area (TPSA) is 66.5 Å². The highest BCUT2D eigenvalue weighted by Gasteiger charge is 2.38. The third-order valence-corrected chi connectivity index (χ3v) is 4.04. The number of hydrogen-bond donors (Lipinski definition) is 3. The average Bonchev–Trinajstić information content (AvgIpc) is 2.39. The lowest BCUT2D eigenvalue weighted by atomic mass is 9.68. The number of hydrogen-bond acceptors (Lipinski definition) is 3. The molecular weight excluding hydrogens is 214 g/mol. The molecule has 0 bridgehead atoms. The van der Waals surface area contributed by atoms with Crippen LogP contribution in [0.1, 0.15) is 43.8 Å². The monoisotopic (exact) mass is 235 g/mol. The average molecular weight is 235 g/mol. The molecule has 17 heavy (non-hydrogen) atoms. The van der Waals surface area contributed by atoms with Crippen LogP contribution in [0.5, 0.6) is 5.75 Å². The number of nitrogens with two attached hydrogens (primary N) is 1. The highest BCUT2D eigenvalue weighted by atomic mass is 16.3. The fourth-order valence-electron chi connectivity index (χ4n) is 2.86. The zero-order valence-electron chi connectivity index (χ0n) is 10.1. The normalized spacial score (nSPS) is 21.1. The van der Waals surface area contributed by atoms with Gasteiger partial charge in [0.05, 0.1) is 6.10 Å². The second kappa shape index (κ2) is 5.07. The quantitative estimate of drug-likeness (QED) is 0.753. The van der Waals surface area contributed by atoms with Crippen LogP contribution in [-0.4, -0.2) is 16.8 Å². The van der Waals surface area contributed by atoms with Crippen LogP contribution in [-0.2, 0) is 0 Å². The molecule has 0 heterocycles. The predicted octanol–water partition coefficient (Wildman–Crippen LogP) is 2.33. The zero-order valence-corrected chi connectivity index (χ0v) is 10.1. The van der Waals surface area contributed by atoms with E-state index in [1.165, 1.54) is 6.42 Å². The summed E-state index contributed by atoms with van der Waals surface area (Å²) in [5.41, 5.74) is 6.58. The lowest BCUT2D eigenvalue weighted by Gasteiger charge is -2.40. The van der Waals surface area contributed by atoms with Crippen molar-refractivity contribution in [3.8, 4) is 5.75 Å². The third kappa shape index (κ3) is 2.45. The van der Waals surface area contributed by atoms with Crippen molar-refractivity contribution >= 4 is 0 Å². The molecule has 1 aliphatic rings. The van der Waals surface area contributed by atoms with E-state index in [-0.39, 0.29) is 11.2 Å². The molecule has 0 amide bonds. The van der Waals surface area contributed by atoms with Gasteiger partial charge in [-0.25, -0.2) is 0 Å². The summed E-state index contributed by atoms with van der Waals surface area (Å²) in [6, 6.07) is 6.80. The van der Waals surface area contributed by atoms with Crippen LogP contribution in [0.15, 0.2) is 24.3 Å². The molecule has 3 nitrogen and oxygen atoms in total. The maximum Gasteiger partial charge on any atom is 0.115 e. The number of aliphatic hydroxyl groups is 1. The Hall–Kier alpha value is -1.06. The molecule has 0 aliphatic heterocycles. The van der Waals surface area contributed by atoms with Crippen LogP contribution < -0.4 is 5.73 Å². The summed E-state index contributed by atoms with van der Waals surface area (Å²) >= 11 is 0. The van der Waals surface area contributed by atoms with E-state index < -0.39 is 6.10 Å². The van der Waals surface area contributed by atoms with Crippen molar-refractivity contribution in [2.24, 2.45) is 11.1 Å². The van der Waals surface area contributed by atoms with Gasteiger partial charge in [0.1, 0.15) is 5.75 Å². The van der Waals surface area contributed by atoms with Crippen LogP contribution in [0, 0.1) is 5.41 Å². The van der Waals surface area contributed by atoms with E-state index >= 15 is 0 Å². The Morgan fingerprint density at radius 2 is 1.71 bits per heavy atom. The smallest absolute Gasteiger partial charge is 0.115 e. The molecule has 1 aliphatic carbocycles. The Kier molecular flexibility index (Phi) is 3.69. The largest absolute Gasteiger partial charge is 0.508 e. The highest BCUT2D eigenvalue weighted by Crippen LogP contribution is 2.45. The number of phenolic OH excluding ortho intramolecular Hbond substituents is 1. The van der Waals surface area contributed by atoms with Crippen LogP contribution in [0.25, 0.3) is 0 Å². The van der Waals surface area contributed by atoms with Crippen LogP contribution in [0.2, 0.25) is 0 Å². The van der Waals surface area contributed by atoms with Gasteiger partial charge in [0.25, 0.3) is 0 Å². The first-order chi connectivity index (χ1) is 8.18. The van der Waals surface area contributed by atoms with Gasteiger partial charge in [-0.1, -0.05) is 31.4 Å². The summed E-state index contributed by atoms with van der Waals surface area (Å²) in [7, 11) is 0. The maximum absolute atomic E-state index is 10.5. The maximum atomic E-state index is 10.5. The summed E-state index contributed by atoms with van der Waals surface area (Å²) in [6.07, 6.45) is 4.99. The Morgan fingerprint density at radius 3 is 2.24 bits per heavy atom. The SMILES string of the molecule is NCC1(C(O)c2ccc(O)cc2)CCCCC1. The van der Waals surface area contributed by atoms with Gasteiger partial charge in [0.2, 0.25) is 0 Å². The number of aromatic hydroxyl groups is 1. The number of benzene rings is 1. The van der Waals surface area contributed by atoms with Crippen LogP contribution in [0.4, 0.5) is 0 Å². The number of rotatable bonds is 3. The van der Waals surface area contributed by atoms with Gasteiger partial charge >= 0.3 is 0 Å². The molecular formula is C14H21NO2. The second-order valence-corrected chi connectivity index (χ2v) is 5.12. The lowest BCUT2D eigenvalue weighted by Crippen LogP contribution is -2.38. The molecule has 0 aromatic heterocycles. The van der Waals surface area contributed by atoms with Crippen molar-refractivity contribution in [3.05, 3.63) is 29.8 Å². The minimum atomic E-state index is -0.520. The summed E-state index contributed by atoms with van der Waals surface area (Å²) in [5.74, 6) is 0.228. The zero-order chi connectivity index (χ0) is 12.3.